The highest BCUT2D eigenvalue weighted by Crippen LogP contribution is 2.33. The minimum atomic E-state index is -0.0113. The summed E-state index contributed by atoms with van der Waals surface area (Å²) in [5.41, 5.74) is 0. The van der Waals surface area contributed by atoms with E-state index in [2.05, 4.69) is 11.8 Å². The molecule has 0 spiro atoms. The minimum absolute atomic E-state index is 0.0113. The molecule has 2 heterocycles. The monoisotopic (exact) mass is 349 g/mol. The van der Waals surface area contributed by atoms with Crippen LogP contribution in [0.15, 0.2) is 0 Å². The van der Waals surface area contributed by atoms with Gasteiger partial charge in [-0.15, -0.1) is 0 Å². The largest absolute Gasteiger partial charge is 0.343 e. The average Bonchev–Trinajstić information content (AvgIpc) is 2.93. The van der Waals surface area contributed by atoms with Crippen LogP contribution in [0, 0.1) is 11.8 Å². The third-order valence-corrected chi connectivity index (χ3v) is 6.96. The molecular formula is C20H35N3O2. The van der Waals surface area contributed by atoms with Crippen LogP contribution in [0.25, 0.3) is 0 Å². The predicted molar refractivity (Wildman–Crippen MR) is 99.1 cm³/mol. The molecule has 25 heavy (non-hydrogen) atoms. The zero-order valence-electron chi connectivity index (χ0n) is 16.2. The van der Waals surface area contributed by atoms with Gasteiger partial charge in [0.05, 0.1) is 6.04 Å². The molecule has 3 aliphatic rings. The molecule has 2 aliphatic heterocycles. The van der Waals surface area contributed by atoms with Crippen LogP contribution in [0.3, 0.4) is 0 Å². The highest BCUT2D eigenvalue weighted by Gasteiger charge is 2.39. The molecule has 0 radical (unpaired) electrons. The number of hydrogen-bond donors (Lipinski definition) is 0. The Morgan fingerprint density at radius 3 is 2.04 bits per heavy atom. The molecule has 1 unspecified atom stereocenters. The summed E-state index contributed by atoms with van der Waals surface area (Å²) >= 11 is 0. The summed E-state index contributed by atoms with van der Waals surface area (Å²) < 4.78 is 0. The van der Waals surface area contributed by atoms with Gasteiger partial charge in [0.25, 0.3) is 0 Å². The van der Waals surface area contributed by atoms with E-state index in [1.807, 2.05) is 16.8 Å². The van der Waals surface area contributed by atoms with Gasteiger partial charge in [0.1, 0.15) is 0 Å². The SMILES string of the molecule is CC(=O)N1CC[C@@H]2CN(C(C)C(=O)N(C)C3CCCCC3)C[C@@H]2CC1. The molecule has 3 fully saturated rings. The van der Waals surface area contributed by atoms with Crippen LogP contribution in [0.4, 0.5) is 0 Å². The van der Waals surface area contributed by atoms with Gasteiger partial charge in [-0.3, -0.25) is 14.5 Å². The van der Waals surface area contributed by atoms with E-state index in [1.54, 1.807) is 6.92 Å². The fourth-order valence-corrected chi connectivity index (χ4v) is 5.11. The zero-order valence-corrected chi connectivity index (χ0v) is 16.2. The zero-order chi connectivity index (χ0) is 18.0. The van der Waals surface area contributed by atoms with Crippen LogP contribution in [0.5, 0.6) is 0 Å². The molecule has 0 bridgehead atoms. The summed E-state index contributed by atoms with van der Waals surface area (Å²) in [6.45, 7) is 7.57. The summed E-state index contributed by atoms with van der Waals surface area (Å²) in [5.74, 6) is 1.78. The fraction of sp³-hybridized carbons (Fsp3) is 0.900. The third-order valence-electron chi connectivity index (χ3n) is 6.96. The summed E-state index contributed by atoms with van der Waals surface area (Å²) in [6, 6.07) is 0.434. The van der Waals surface area contributed by atoms with Crippen molar-refractivity contribution >= 4 is 11.8 Å². The van der Waals surface area contributed by atoms with Crippen molar-refractivity contribution in [2.45, 2.75) is 70.9 Å². The Morgan fingerprint density at radius 2 is 1.52 bits per heavy atom. The first-order chi connectivity index (χ1) is 12.0. The van der Waals surface area contributed by atoms with Gasteiger partial charge >= 0.3 is 0 Å². The van der Waals surface area contributed by atoms with Crippen molar-refractivity contribution in [3.05, 3.63) is 0 Å². The maximum absolute atomic E-state index is 13.0. The van der Waals surface area contributed by atoms with Crippen molar-refractivity contribution in [3.8, 4) is 0 Å². The van der Waals surface area contributed by atoms with Crippen LogP contribution in [0.2, 0.25) is 0 Å². The second kappa shape index (κ2) is 8.07. The topological polar surface area (TPSA) is 43.9 Å². The molecule has 142 valence electrons. The highest BCUT2D eigenvalue weighted by molar-refractivity contribution is 5.81. The lowest BCUT2D eigenvalue weighted by Gasteiger charge is -2.35. The van der Waals surface area contributed by atoms with Crippen molar-refractivity contribution in [2.75, 3.05) is 33.2 Å². The molecule has 3 rings (SSSR count). The van der Waals surface area contributed by atoms with Gasteiger partial charge in [0, 0.05) is 46.2 Å². The van der Waals surface area contributed by atoms with E-state index in [-0.39, 0.29) is 11.9 Å². The number of likely N-dealkylation sites (tertiary alicyclic amines) is 2. The van der Waals surface area contributed by atoms with Gasteiger partial charge < -0.3 is 9.80 Å². The van der Waals surface area contributed by atoms with Gasteiger partial charge in [-0.1, -0.05) is 19.3 Å². The smallest absolute Gasteiger partial charge is 0.239 e. The van der Waals surface area contributed by atoms with E-state index in [4.69, 9.17) is 0 Å². The summed E-state index contributed by atoms with van der Waals surface area (Å²) in [6.07, 6.45) is 8.34. The maximum Gasteiger partial charge on any atom is 0.239 e. The number of amides is 2. The van der Waals surface area contributed by atoms with Crippen molar-refractivity contribution in [3.63, 3.8) is 0 Å². The Balaban J connectivity index is 1.55. The average molecular weight is 350 g/mol. The minimum Gasteiger partial charge on any atom is -0.343 e. The molecule has 1 aliphatic carbocycles. The van der Waals surface area contributed by atoms with Gasteiger partial charge in [-0.25, -0.2) is 0 Å². The van der Waals surface area contributed by atoms with Gasteiger partial charge in [0.15, 0.2) is 0 Å². The Kier molecular flexibility index (Phi) is 6.03. The van der Waals surface area contributed by atoms with Crippen LogP contribution in [-0.4, -0.2) is 71.8 Å². The number of hydrogen-bond acceptors (Lipinski definition) is 3. The standard InChI is InChI=1S/C20H35N3O2/c1-15(20(25)21(3)19-7-5-4-6-8-19)23-13-17-9-11-22(16(2)24)12-10-18(17)14-23/h15,17-19H,4-14H2,1-3H3/t15?,17-,18+. The quantitative estimate of drug-likeness (QED) is 0.786. The second-order valence-corrected chi connectivity index (χ2v) is 8.47. The van der Waals surface area contributed by atoms with E-state index in [0.29, 0.717) is 23.8 Å². The van der Waals surface area contributed by atoms with Gasteiger partial charge in [-0.05, 0) is 44.4 Å². The number of fused-ring (bicyclic) bond motifs is 1. The molecule has 2 amide bonds. The Morgan fingerprint density at radius 1 is 0.960 bits per heavy atom. The molecule has 2 saturated heterocycles. The number of carbonyl (C=O) groups excluding carboxylic acids is 2. The van der Waals surface area contributed by atoms with Crippen LogP contribution < -0.4 is 0 Å². The van der Waals surface area contributed by atoms with E-state index in [0.717, 1.165) is 39.0 Å². The molecule has 0 N–H and O–H groups in total. The lowest BCUT2D eigenvalue weighted by molar-refractivity contribution is -0.137. The van der Waals surface area contributed by atoms with Crippen molar-refractivity contribution in [2.24, 2.45) is 11.8 Å². The molecule has 5 nitrogen and oxygen atoms in total. The fourth-order valence-electron chi connectivity index (χ4n) is 5.11. The van der Waals surface area contributed by atoms with Crippen LogP contribution >= 0.6 is 0 Å². The predicted octanol–water partition coefficient (Wildman–Crippen LogP) is 2.36. The highest BCUT2D eigenvalue weighted by atomic mass is 16.2. The third kappa shape index (κ3) is 4.18. The second-order valence-electron chi connectivity index (χ2n) is 8.47. The summed E-state index contributed by atoms with van der Waals surface area (Å²) in [7, 11) is 2.01. The normalized spacial score (nSPS) is 29.8. The molecule has 1 saturated carbocycles. The molecule has 0 aromatic heterocycles. The molecular weight excluding hydrogens is 314 g/mol. The van der Waals surface area contributed by atoms with Crippen molar-refractivity contribution in [1.82, 2.24) is 14.7 Å². The Labute approximate surface area is 152 Å². The molecule has 3 atom stereocenters. The van der Waals surface area contributed by atoms with Crippen LogP contribution in [0.1, 0.15) is 58.8 Å². The molecule has 5 heteroatoms. The van der Waals surface area contributed by atoms with E-state index >= 15 is 0 Å². The number of nitrogens with zero attached hydrogens (tertiary/aromatic N) is 3. The Bertz CT molecular complexity index is 473. The van der Waals surface area contributed by atoms with Crippen LogP contribution in [-0.2, 0) is 9.59 Å². The van der Waals surface area contributed by atoms with Crippen molar-refractivity contribution in [1.29, 1.82) is 0 Å². The number of carbonyl (C=O) groups is 2. The first kappa shape index (κ1) is 18.7. The lowest BCUT2D eigenvalue weighted by Crippen LogP contribution is -2.49. The van der Waals surface area contributed by atoms with E-state index in [1.165, 1.54) is 32.1 Å². The Hall–Kier alpha value is -1.10. The number of rotatable bonds is 3. The van der Waals surface area contributed by atoms with Crippen molar-refractivity contribution < 1.29 is 9.59 Å². The lowest BCUT2D eigenvalue weighted by atomic mass is 9.92. The van der Waals surface area contributed by atoms with Gasteiger partial charge in [0.2, 0.25) is 11.8 Å². The molecule has 0 aromatic carbocycles. The number of likely N-dealkylation sites (N-methyl/N-ethyl adjacent to an activating group) is 1. The van der Waals surface area contributed by atoms with E-state index in [9.17, 15) is 9.59 Å². The first-order valence-corrected chi connectivity index (χ1v) is 10.2. The molecule has 0 aromatic rings. The van der Waals surface area contributed by atoms with Gasteiger partial charge in [-0.2, -0.15) is 0 Å². The first-order valence-electron chi connectivity index (χ1n) is 10.2. The maximum atomic E-state index is 13.0. The van der Waals surface area contributed by atoms with E-state index < -0.39 is 0 Å². The summed E-state index contributed by atoms with van der Waals surface area (Å²) in [5, 5.41) is 0. The summed E-state index contributed by atoms with van der Waals surface area (Å²) in [4.78, 5) is 31.0.